The normalized spacial score (nSPS) is 22.9. The number of amides is 2. The van der Waals surface area contributed by atoms with Crippen LogP contribution < -0.4 is 5.32 Å². The highest BCUT2D eigenvalue weighted by atomic mass is 16.4. The van der Waals surface area contributed by atoms with Crippen LogP contribution in [0.4, 0.5) is 4.79 Å². The Morgan fingerprint density at radius 1 is 1.25 bits per heavy atom. The van der Waals surface area contributed by atoms with Crippen LogP contribution in [0.15, 0.2) is 0 Å². The van der Waals surface area contributed by atoms with E-state index in [9.17, 15) is 14.7 Å². The molecule has 5 heteroatoms. The molecule has 0 bridgehead atoms. The van der Waals surface area contributed by atoms with Crippen LogP contribution in [0.5, 0.6) is 0 Å². The highest BCUT2D eigenvalue weighted by Gasteiger charge is 2.38. The third kappa shape index (κ3) is 3.25. The first-order valence-corrected chi connectivity index (χ1v) is 7.71. The fourth-order valence-electron chi connectivity index (χ4n) is 3.05. The summed E-state index contributed by atoms with van der Waals surface area (Å²) in [6, 6.07) is 0.407. The number of carboxylic acids is 1. The molecule has 0 radical (unpaired) electrons. The first-order chi connectivity index (χ1) is 9.41. The number of hydrogen-bond acceptors (Lipinski definition) is 2. The van der Waals surface area contributed by atoms with Crippen molar-refractivity contribution in [3.05, 3.63) is 0 Å². The van der Waals surface area contributed by atoms with Crippen LogP contribution in [-0.2, 0) is 4.79 Å². The van der Waals surface area contributed by atoms with Gasteiger partial charge >= 0.3 is 12.0 Å². The molecular formula is C15H28N2O3. The van der Waals surface area contributed by atoms with Crippen molar-refractivity contribution in [3.63, 3.8) is 0 Å². The van der Waals surface area contributed by atoms with E-state index in [1.807, 2.05) is 18.7 Å². The number of aliphatic carboxylic acids is 1. The van der Waals surface area contributed by atoms with Crippen molar-refractivity contribution in [2.24, 2.45) is 5.41 Å². The van der Waals surface area contributed by atoms with Gasteiger partial charge in [0.25, 0.3) is 0 Å². The summed E-state index contributed by atoms with van der Waals surface area (Å²) in [6.07, 6.45) is 4.05. The molecule has 2 atom stereocenters. The van der Waals surface area contributed by atoms with E-state index in [4.69, 9.17) is 0 Å². The Bertz CT molecular complexity index is 353. The first-order valence-electron chi connectivity index (χ1n) is 7.71. The van der Waals surface area contributed by atoms with Gasteiger partial charge in [0.15, 0.2) is 0 Å². The van der Waals surface area contributed by atoms with Gasteiger partial charge < -0.3 is 15.3 Å². The fourth-order valence-corrected chi connectivity index (χ4v) is 3.05. The third-order valence-electron chi connectivity index (χ3n) is 4.88. The van der Waals surface area contributed by atoms with Gasteiger partial charge in [-0.1, -0.05) is 20.8 Å². The van der Waals surface area contributed by atoms with Crippen molar-refractivity contribution in [2.45, 2.75) is 71.9 Å². The summed E-state index contributed by atoms with van der Waals surface area (Å²) < 4.78 is 0. The van der Waals surface area contributed by atoms with E-state index < -0.39 is 11.4 Å². The zero-order chi connectivity index (χ0) is 15.3. The van der Waals surface area contributed by atoms with Gasteiger partial charge in [-0.25, -0.2) is 4.79 Å². The highest BCUT2D eigenvalue weighted by Crippen LogP contribution is 2.28. The smallest absolute Gasteiger partial charge is 0.317 e. The molecule has 1 aliphatic heterocycles. The lowest BCUT2D eigenvalue weighted by Gasteiger charge is -2.31. The summed E-state index contributed by atoms with van der Waals surface area (Å²) in [4.78, 5) is 25.7. The molecule has 5 nitrogen and oxygen atoms in total. The van der Waals surface area contributed by atoms with E-state index in [2.05, 4.69) is 19.2 Å². The molecule has 1 rings (SSSR count). The lowest BCUT2D eigenvalue weighted by Crippen LogP contribution is -2.50. The van der Waals surface area contributed by atoms with Gasteiger partial charge in [0.05, 0.1) is 5.41 Å². The summed E-state index contributed by atoms with van der Waals surface area (Å²) >= 11 is 0. The highest BCUT2D eigenvalue weighted by molar-refractivity contribution is 5.78. The fraction of sp³-hybridized carbons (Fsp3) is 0.867. The predicted molar refractivity (Wildman–Crippen MR) is 78.7 cm³/mol. The van der Waals surface area contributed by atoms with E-state index in [-0.39, 0.29) is 24.7 Å². The molecule has 116 valence electrons. The van der Waals surface area contributed by atoms with E-state index in [0.29, 0.717) is 12.8 Å². The van der Waals surface area contributed by atoms with Gasteiger partial charge in [0.1, 0.15) is 0 Å². The third-order valence-corrected chi connectivity index (χ3v) is 4.88. The molecule has 0 aliphatic carbocycles. The molecule has 0 saturated carbocycles. The van der Waals surface area contributed by atoms with Gasteiger partial charge in [0.2, 0.25) is 0 Å². The number of rotatable bonds is 6. The zero-order valence-electron chi connectivity index (χ0n) is 13.1. The monoisotopic (exact) mass is 284 g/mol. The molecule has 2 N–H and O–H groups in total. The summed E-state index contributed by atoms with van der Waals surface area (Å²) in [6.45, 7) is 8.06. The minimum atomic E-state index is -0.847. The maximum Gasteiger partial charge on any atom is 0.317 e. The second-order valence-electron chi connectivity index (χ2n) is 5.85. The van der Waals surface area contributed by atoms with Crippen LogP contribution in [0.2, 0.25) is 0 Å². The van der Waals surface area contributed by atoms with E-state index in [1.54, 1.807) is 0 Å². The van der Waals surface area contributed by atoms with Crippen LogP contribution in [0.25, 0.3) is 0 Å². The van der Waals surface area contributed by atoms with Crippen LogP contribution >= 0.6 is 0 Å². The van der Waals surface area contributed by atoms with E-state index >= 15 is 0 Å². The van der Waals surface area contributed by atoms with E-state index in [0.717, 1.165) is 19.3 Å². The molecule has 2 unspecified atom stereocenters. The molecule has 1 aliphatic rings. The number of carbonyl (C=O) groups excluding carboxylic acids is 1. The molecule has 0 spiro atoms. The van der Waals surface area contributed by atoms with Crippen LogP contribution in [0.3, 0.4) is 0 Å². The Labute approximate surface area is 121 Å². The standard InChI is InChI=1S/C15H28N2O3/c1-5-12-9-8-11(4)17(12)14(20)16-10-15(6-2,7-3)13(18)19/h11-12H,5-10H2,1-4H3,(H,16,20)(H,18,19). The number of hydrogen-bond donors (Lipinski definition) is 2. The molecule has 0 aromatic heterocycles. The van der Waals surface area contributed by atoms with Crippen LogP contribution in [0.1, 0.15) is 59.8 Å². The topological polar surface area (TPSA) is 69.6 Å². The van der Waals surface area contributed by atoms with Crippen molar-refractivity contribution in [3.8, 4) is 0 Å². The van der Waals surface area contributed by atoms with Gasteiger partial charge in [-0.15, -0.1) is 0 Å². The number of nitrogens with zero attached hydrogens (tertiary/aromatic N) is 1. The molecular weight excluding hydrogens is 256 g/mol. The molecule has 1 saturated heterocycles. The second kappa shape index (κ2) is 6.95. The van der Waals surface area contributed by atoms with Crippen molar-refractivity contribution in [1.82, 2.24) is 10.2 Å². The van der Waals surface area contributed by atoms with Crippen LogP contribution in [-0.4, -0.2) is 40.6 Å². The Kier molecular flexibility index (Phi) is 5.84. The molecule has 0 aromatic carbocycles. The maximum atomic E-state index is 12.3. The number of carboxylic acid groups (broad SMARTS) is 1. The number of nitrogens with one attached hydrogen (secondary N) is 1. The summed E-state index contributed by atoms with van der Waals surface area (Å²) in [5, 5.41) is 12.2. The molecule has 1 heterocycles. The van der Waals surface area contributed by atoms with Crippen LogP contribution in [0, 0.1) is 5.41 Å². The van der Waals surface area contributed by atoms with Gasteiger partial charge in [-0.3, -0.25) is 4.79 Å². The lowest BCUT2D eigenvalue weighted by molar-refractivity contribution is -0.149. The van der Waals surface area contributed by atoms with Gasteiger partial charge in [-0.2, -0.15) is 0 Å². The zero-order valence-corrected chi connectivity index (χ0v) is 13.1. The SMILES string of the molecule is CCC1CCC(C)N1C(=O)NCC(CC)(CC)C(=O)O. The average Bonchev–Trinajstić information content (AvgIpc) is 2.81. The lowest BCUT2D eigenvalue weighted by atomic mass is 9.82. The Morgan fingerprint density at radius 3 is 2.30 bits per heavy atom. The molecule has 20 heavy (non-hydrogen) atoms. The van der Waals surface area contributed by atoms with Crippen molar-refractivity contribution < 1.29 is 14.7 Å². The Hall–Kier alpha value is -1.26. The summed E-state index contributed by atoms with van der Waals surface area (Å²) in [7, 11) is 0. The van der Waals surface area contributed by atoms with Crippen molar-refractivity contribution in [2.75, 3.05) is 6.54 Å². The molecule has 2 amide bonds. The quantitative estimate of drug-likeness (QED) is 0.788. The Balaban J connectivity index is 2.68. The second-order valence-corrected chi connectivity index (χ2v) is 5.85. The predicted octanol–water partition coefficient (Wildman–Crippen LogP) is 2.85. The van der Waals surface area contributed by atoms with Crippen molar-refractivity contribution in [1.29, 1.82) is 0 Å². The largest absolute Gasteiger partial charge is 0.481 e. The van der Waals surface area contributed by atoms with Gasteiger partial charge in [0, 0.05) is 18.6 Å². The minimum absolute atomic E-state index is 0.116. The maximum absolute atomic E-state index is 12.3. The summed E-state index contributed by atoms with van der Waals surface area (Å²) in [5.74, 6) is -0.829. The summed E-state index contributed by atoms with van der Waals surface area (Å²) in [5.41, 5.74) is -0.847. The van der Waals surface area contributed by atoms with Gasteiger partial charge in [-0.05, 0) is 39.0 Å². The number of carbonyl (C=O) groups is 2. The number of likely N-dealkylation sites (tertiary alicyclic amines) is 1. The number of urea groups is 1. The molecule has 0 aromatic rings. The van der Waals surface area contributed by atoms with Crippen molar-refractivity contribution >= 4 is 12.0 Å². The van der Waals surface area contributed by atoms with E-state index in [1.165, 1.54) is 0 Å². The molecule has 1 fully saturated rings. The Morgan fingerprint density at radius 2 is 1.85 bits per heavy atom. The average molecular weight is 284 g/mol. The minimum Gasteiger partial charge on any atom is -0.481 e. The first kappa shape index (κ1) is 16.8.